The van der Waals surface area contributed by atoms with E-state index in [9.17, 15) is 9.90 Å². The molecule has 4 nitrogen and oxygen atoms in total. The van der Waals surface area contributed by atoms with Crippen LogP contribution in [-0.2, 0) is 0 Å². The number of nitrogens with zero attached hydrogens (tertiary/aromatic N) is 2. The highest BCUT2D eigenvalue weighted by Gasteiger charge is 2.16. The van der Waals surface area contributed by atoms with Gasteiger partial charge in [0.05, 0.1) is 5.56 Å². The Morgan fingerprint density at radius 1 is 1.09 bits per heavy atom. The van der Waals surface area contributed by atoms with E-state index in [0.29, 0.717) is 5.52 Å². The first kappa shape index (κ1) is 14.8. The molecular formula is C19H16N2O2. The summed E-state index contributed by atoms with van der Waals surface area (Å²) < 4.78 is 0. The number of phenolic OH excluding ortho intramolecular Hbond substituents is 1. The van der Waals surface area contributed by atoms with Gasteiger partial charge in [-0.05, 0) is 23.8 Å². The van der Waals surface area contributed by atoms with Crippen LogP contribution in [0.15, 0.2) is 67.0 Å². The number of fused-ring (bicyclic) bond motifs is 1. The largest absolute Gasteiger partial charge is 0.505 e. The minimum atomic E-state index is -0.290. The molecule has 0 fully saturated rings. The summed E-state index contributed by atoms with van der Waals surface area (Å²) in [6.45, 7) is 0. The zero-order valence-corrected chi connectivity index (χ0v) is 12.7. The van der Waals surface area contributed by atoms with E-state index in [-0.39, 0.29) is 17.2 Å². The average Bonchev–Trinajstić information content (AvgIpc) is 2.60. The van der Waals surface area contributed by atoms with Gasteiger partial charge in [-0.2, -0.15) is 0 Å². The maximum Gasteiger partial charge on any atom is 0.261 e. The summed E-state index contributed by atoms with van der Waals surface area (Å²) in [6.07, 6.45) is 5.11. The molecule has 0 aliphatic heterocycles. The number of benzene rings is 2. The van der Waals surface area contributed by atoms with Crippen LogP contribution in [0.25, 0.3) is 17.0 Å². The highest BCUT2D eigenvalue weighted by Crippen LogP contribution is 2.27. The van der Waals surface area contributed by atoms with Gasteiger partial charge in [-0.1, -0.05) is 42.5 Å². The molecule has 0 aliphatic rings. The molecule has 0 unspecified atom stereocenters. The smallest absolute Gasteiger partial charge is 0.261 e. The molecule has 0 atom stereocenters. The highest BCUT2D eigenvalue weighted by atomic mass is 16.3. The van der Waals surface area contributed by atoms with Gasteiger partial charge < -0.3 is 10.0 Å². The Balaban J connectivity index is 1.88. The second-order valence-corrected chi connectivity index (χ2v) is 5.18. The first-order valence-electron chi connectivity index (χ1n) is 7.24. The Bertz CT molecular complexity index is 873. The summed E-state index contributed by atoms with van der Waals surface area (Å²) in [7, 11) is 1.66. The summed E-state index contributed by atoms with van der Waals surface area (Å²) in [5, 5.41) is 11.1. The van der Waals surface area contributed by atoms with Gasteiger partial charge in [0.2, 0.25) is 0 Å². The van der Waals surface area contributed by atoms with Crippen molar-refractivity contribution in [3.05, 3.63) is 78.1 Å². The van der Waals surface area contributed by atoms with Gasteiger partial charge in [-0.25, -0.2) is 0 Å². The number of aromatic hydroxyl groups is 1. The third kappa shape index (κ3) is 3.06. The van der Waals surface area contributed by atoms with Gasteiger partial charge in [0.15, 0.2) is 5.75 Å². The van der Waals surface area contributed by atoms with Gasteiger partial charge in [0.25, 0.3) is 5.91 Å². The molecule has 3 rings (SSSR count). The van der Waals surface area contributed by atoms with E-state index < -0.39 is 0 Å². The van der Waals surface area contributed by atoms with Gasteiger partial charge in [-0.3, -0.25) is 9.78 Å². The molecule has 1 aromatic heterocycles. The SMILES string of the molecule is CN(C=Cc1ccccc1)C(=O)c1ccc2cccnc2c1O. The van der Waals surface area contributed by atoms with Crippen LogP contribution in [0.3, 0.4) is 0 Å². The molecule has 4 heteroatoms. The molecule has 114 valence electrons. The molecule has 23 heavy (non-hydrogen) atoms. The van der Waals surface area contributed by atoms with Crippen LogP contribution >= 0.6 is 0 Å². The van der Waals surface area contributed by atoms with Crippen LogP contribution in [0.2, 0.25) is 0 Å². The minimum Gasteiger partial charge on any atom is -0.505 e. The van der Waals surface area contributed by atoms with Crippen LogP contribution in [0.5, 0.6) is 5.75 Å². The number of phenols is 1. The Kier molecular flexibility index (Phi) is 4.06. The topological polar surface area (TPSA) is 53.4 Å². The van der Waals surface area contributed by atoms with Gasteiger partial charge in [0, 0.05) is 24.8 Å². The second kappa shape index (κ2) is 6.32. The summed E-state index contributed by atoms with van der Waals surface area (Å²) in [5.41, 5.74) is 1.66. The van der Waals surface area contributed by atoms with Crippen LogP contribution in [0, 0.1) is 0 Å². The molecule has 1 N–H and O–H groups in total. The van der Waals surface area contributed by atoms with E-state index in [1.165, 1.54) is 4.90 Å². The first-order valence-corrected chi connectivity index (χ1v) is 7.24. The molecule has 0 radical (unpaired) electrons. The number of carbonyl (C=O) groups is 1. The van der Waals surface area contributed by atoms with Crippen LogP contribution < -0.4 is 0 Å². The van der Waals surface area contributed by atoms with E-state index in [2.05, 4.69) is 4.98 Å². The predicted molar refractivity (Wildman–Crippen MR) is 91.0 cm³/mol. The van der Waals surface area contributed by atoms with E-state index >= 15 is 0 Å². The van der Waals surface area contributed by atoms with Crippen molar-refractivity contribution in [2.45, 2.75) is 0 Å². The van der Waals surface area contributed by atoms with Crippen molar-refractivity contribution in [1.82, 2.24) is 9.88 Å². The second-order valence-electron chi connectivity index (χ2n) is 5.18. The maximum absolute atomic E-state index is 12.5. The Labute approximate surface area is 134 Å². The Hall–Kier alpha value is -3.14. The molecule has 3 aromatic rings. The zero-order valence-electron chi connectivity index (χ0n) is 12.7. The zero-order chi connectivity index (χ0) is 16.2. The van der Waals surface area contributed by atoms with E-state index in [1.54, 1.807) is 37.6 Å². The predicted octanol–water partition coefficient (Wildman–Crippen LogP) is 3.68. The molecule has 0 spiro atoms. The molecule has 0 saturated heterocycles. The average molecular weight is 304 g/mol. The molecule has 1 amide bonds. The summed E-state index contributed by atoms with van der Waals surface area (Å²) >= 11 is 0. The van der Waals surface area contributed by atoms with Crippen molar-refractivity contribution >= 4 is 22.9 Å². The number of hydrogen-bond donors (Lipinski definition) is 1. The number of aromatic nitrogens is 1. The van der Waals surface area contributed by atoms with Gasteiger partial charge >= 0.3 is 0 Å². The fourth-order valence-electron chi connectivity index (χ4n) is 2.32. The first-order chi connectivity index (χ1) is 11.2. The Morgan fingerprint density at radius 2 is 1.87 bits per heavy atom. The number of hydrogen-bond acceptors (Lipinski definition) is 3. The monoisotopic (exact) mass is 304 g/mol. The lowest BCUT2D eigenvalue weighted by Gasteiger charge is -2.14. The fourth-order valence-corrected chi connectivity index (χ4v) is 2.32. The molecule has 0 bridgehead atoms. The minimum absolute atomic E-state index is 0.0898. The van der Waals surface area contributed by atoms with Crippen LogP contribution in [-0.4, -0.2) is 27.9 Å². The van der Waals surface area contributed by atoms with Crippen molar-refractivity contribution < 1.29 is 9.90 Å². The van der Waals surface area contributed by atoms with Crippen molar-refractivity contribution in [2.24, 2.45) is 0 Å². The van der Waals surface area contributed by atoms with Gasteiger partial charge in [-0.15, -0.1) is 0 Å². The van der Waals surface area contributed by atoms with E-state index in [0.717, 1.165) is 10.9 Å². The van der Waals surface area contributed by atoms with Crippen LogP contribution in [0.1, 0.15) is 15.9 Å². The maximum atomic E-state index is 12.5. The summed E-state index contributed by atoms with van der Waals surface area (Å²) in [5.74, 6) is -0.379. The molecule has 0 saturated carbocycles. The van der Waals surface area contributed by atoms with E-state index in [4.69, 9.17) is 0 Å². The summed E-state index contributed by atoms with van der Waals surface area (Å²) in [4.78, 5) is 18.1. The van der Waals surface area contributed by atoms with Crippen molar-refractivity contribution in [1.29, 1.82) is 0 Å². The van der Waals surface area contributed by atoms with Crippen molar-refractivity contribution in [3.8, 4) is 5.75 Å². The van der Waals surface area contributed by atoms with E-state index in [1.807, 2.05) is 42.5 Å². The molecule has 1 heterocycles. The third-order valence-corrected chi connectivity index (χ3v) is 3.59. The standard InChI is InChI=1S/C19H16N2O2/c1-21(13-11-14-6-3-2-4-7-14)19(23)16-10-9-15-8-5-12-20-17(15)18(16)22/h2-13,22H,1H3. The van der Waals surface area contributed by atoms with Gasteiger partial charge in [0.1, 0.15) is 5.52 Å². The normalized spacial score (nSPS) is 11.0. The highest BCUT2D eigenvalue weighted by molar-refractivity contribution is 6.02. The van der Waals surface area contributed by atoms with Crippen molar-refractivity contribution in [2.75, 3.05) is 7.05 Å². The quantitative estimate of drug-likeness (QED) is 0.803. The molecular weight excluding hydrogens is 288 g/mol. The molecule has 0 aliphatic carbocycles. The number of rotatable bonds is 3. The summed E-state index contributed by atoms with van der Waals surface area (Å²) in [6, 6.07) is 16.7. The number of pyridine rings is 1. The number of carbonyl (C=O) groups excluding carboxylic acids is 1. The molecule has 2 aromatic carbocycles. The number of amides is 1. The lowest BCUT2D eigenvalue weighted by molar-refractivity contribution is 0.0848. The lowest BCUT2D eigenvalue weighted by atomic mass is 10.1. The third-order valence-electron chi connectivity index (χ3n) is 3.59. The van der Waals surface area contributed by atoms with Crippen LogP contribution in [0.4, 0.5) is 0 Å². The lowest BCUT2D eigenvalue weighted by Crippen LogP contribution is -2.20. The Morgan fingerprint density at radius 3 is 2.65 bits per heavy atom. The fraction of sp³-hybridized carbons (Fsp3) is 0.0526. The van der Waals surface area contributed by atoms with Crippen molar-refractivity contribution in [3.63, 3.8) is 0 Å².